The maximum absolute atomic E-state index is 13.0. The maximum Gasteiger partial charge on any atom is 0.324 e. The van der Waals surface area contributed by atoms with Gasteiger partial charge < -0.3 is 9.88 Å². The fourth-order valence-corrected chi connectivity index (χ4v) is 6.69. The van der Waals surface area contributed by atoms with Crippen molar-refractivity contribution in [2.45, 2.75) is 64.3 Å². The topological polar surface area (TPSA) is 114 Å². The standard InChI is InChI=1S/C32H41N7O3S/c1-22-7-13-27(14-8-22)39-29(20-28(36-39)32(3,4)5)35-31(40)34-26-11-9-24(10-12-26)19-25-15-17-38(18-16-25)43(41,42)30-21-37(6)23(2)33-30/h7-14,20-21,25H,15-19H2,1-6H3,(H2,34,35,40). The van der Waals surface area contributed by atoms with E-state index in [9.17, 15) is 13.2 Å². The molecule has 11 heteroatoms. The van der Waals surface area contributed by atoms with Crippen LogP contribution < -0.4 is 10.6 Å². The van der Waals surface area contributed by atoms with Crippen LogP contribution in [0.25, 0.3) is 5.69 Å². The molecule has 2 amide bonds. The van der Waals surface area contributed by atoms with Gasteiger partial charge in [0, 0.05) is 43.5 Å². The van der Waals surface area contributed by atoms with Crippen LogP contribution in [0.2, 0.25) is 0 Å². The lowest BCUT2D eigenvalue weighted by atomic mass is 9.91. The molecule has 0 bridgehead atoms. The Morgan fingerprint density at radius 1 is 0.977 bits per heavy atom. The largest absolute Gasteiger partial charge is 0.337 e. The zero-order valence-corrected chi connectivity index (χ0v) is 26.6. The molecule has 2 aromatic carbocycles. The third-order valence-corrected chi connectivity index (χ3v) is 9.77. The Morgan fingerprint density at radius 2 is 1.63 bits per heavy atom. The van der Waals surface area contributed by atoms with E-state index in [0.29, 0.717) is 36.3 Å². The van der Waals surface area contributed by atoms with Crippen LogP contribution in [0, 0.1) is 19.8 Å². The van der Waals surface area contributed by atoms with E-state index in [0.717, 1.165) is 41.8 Å². The van der Waals surface area contributed by atoms with Gasteiger partial charge in [-0.2, -0.15) is 9.40 Å². The van der Waals surface area contributed by atoms with E-state index in [1.807, 2.05) is 61.5 Å². The van der Waals surface area contributed by atoms with Gasteiger partial charge in [-0.15, -0.1) is 0 Å². The number of sulfonamides is 1. The second-order valence-corrected chi connectivity index (χ2v) is 14.4. The molecule has 0 spiro atoms. The summed E-state index contributed by atoms with van der Waals surface area (Å²) < 4.78 is 31.1. The Labute approximate surface area is 254 Å². The smallest absolute Gasteiger partial charge is 0.324 e. The zero-order valence-electron chi connectivity index (χ0n) is 25.8. The molecule has 0 aliphatic carbocycles. The number of hydrogen-bond donors (Lipinski definition) is 2. The van der Waals surface area contributed by atoms with E-state index in [2.05, 4.69) is 36.4 Å². The summed E-state index contributed by atoms with van der Waals surface area (Å²) in [5.74, 6) is 1.65. The molecule has 43 heavy (non-hydrogen) atoms. The van der Waals surface area contributed by atoms with Gasteiger partial charge in [-0.3, -0.25) is 5.32 Å². The lowest BCUT2D eigenvalue weighted by Crippen LogP contribution is -2.39. The second-order valence-electron chi connectivity index (χ2n) is 12.5. The van der Waals surface area contributed by atoms with Crippen LogP contribution in [0.5, 0.6) is 0 Å². The number of carbonyl (C=O) groups excluding carboxylic acids is 1. The second kappa shape index (κ2) is 12.0. The number of carbonyl (C=O) groups is 1. The molecule has 0 radical (unpaired) electrons. The minimum atomic E-state index is -3.58. The zero-order chi connectivity index (χ0) is 30.9. The Bertz CT molecular complexity index is 1670. The summed E-state index contributed by atoms with van der Waals surface area (Å²) in [6.07, 6.45) is 4.01. The predicted octanol–water partition coefficient (Wildman–Crippen LogP) is 5.81. The number of imidazole rings is 1. The van der Waals surface area contributed by atoms with Gasteiger partial charge in [-0.05, 0) is 68.9 Å². The number of rotatable bonds is 7. The van der Waals surface area contributed by atoms with Crippen LogP contribution in [0.4, 0.5) is 16.3 Å². The van der Waals surface area contributed by atoms with Crippen molar-refractivity contribution in [2.24, 2.45) is 13.0 Å². The number of hydrogen-bond acceptors (Lipinski definition) is 5. The molecule has 0 saturated carbocycles. The van der Waals surface area contributed by atoms with E-state index in [4.69, 9.17) is 5.10 Å². The summed E-state index contributed by atoms with van der Waals surface area (Å²) in [4.78, 5) is 17.2. The predicted molar refractivity (Wildman–Crippen MR) is 169 cm³/mol. The van der Waals surface area contributed by atoms with Crippen molar-refractivity contribution in [3.63, 3.8) is 0 Å². The molecule has 1 aliphatic heterocycles. The molecular formula is C32H41N7O3S. The number of benzene rings is 2. The number of piperidine rings is 1. The summed E-state index contributed by atoms with van der Waals surface area (Å²) in [6, 6.07) is 17.4. The van der Waals surface area contributed by atoms with Gasteiger partial charge in [-0.1, -0.05) is 50.6 Å². The Hall–Kier alpha value is -3.96. The number of nitrogens with zero attached hydrogens (tertiary/aromatic N) is 5. The van der Waals surface area contributed by atoms with E-state index in [1.165, 1.54) is 0 Å². The van der Waals surface area contributed by atoms with Gasteiger partial charge in [0.05, 0.1) is 11.4 Å². The third kappa shape index (κ3) is 7.00. The quantitative estimate of drug-likeness (QED) is 0.277. The fourth-order valence-electron chi connectivity index (χ4n) is 5.19. The Kier molecular flexibility index (Phi) is 8.49. The van der Waals surface area contributed by atoms with E-state index < -0.39 is 10.0 Å². The highest BCUT2D eigenvalue weighted by Crippen LogP contribution is 2.28. The van der Waals surface area contributed by atoms with Gasteiger partial charge in [0.15, 0.2) is 5.03 Å². The van der Waals surface area contributed by atoms with Crippen molar-refractivity contribution in [1.29, 1.82) is 0 Å². The monoisotopic (exact) mass is 603 g/mol. The molecule has 2 N–H and O–H groups in total. The minimum Gasteiger partial charge on any atom is -0.337 e. The number of aromatic nitrogens is 4. The summed E-state index contributed by atoms with van der Waals surface area (Å²) in [5, 5.41) is 10.8. The van der Waals surface area contributed by atoms with Crippen LogP contribution in [0.3, 0.4) is 0 Å². The van der Waals surface area contributed by atoms with Crippen molar-refractivity contribution < 1.29 is 13.2 Å². The third-order valence-electron chi connectivity index (χ3n) is 8.00. The average Bonchev–Trinajstić information content (AvgIpc) is 3.54. The highest BCUT2D eigenvalue weighted by atomic mass is 32.2. The van der Waals surface area contributed by atoms with E-state index >= 15 is 0 Å². The molecule has 1 aliphatic rings. The van der Waals surface area contributed by atoms with Crippen molar-refractivity contribution in [2.75, 3.05) is 23.7 Å². The van der Waals surface area contributed by atoms with Crippen molar-refractivity contribution in [3.05, 3.63) is 83.4 Å². The number of anilines is 2. The van der Waals surface area contributed by atoms with Gasteiger partial charge >= 0.3 is 6.03 Å². The van der Waals surface area contributed by atoms with Gasteiger partial charge in [0.2, 0.25) is 0 Å². The van der Waals surface area contributed by atoms with Gasteiger partial charge in [0.25, 0.3) is 10.0 Å². The highest BCUT2D eigenvalue weighted by Gasteiger charge is 2.31. The number of aryl methyl sites for hydroxylation is 3. The first kappa shape index (κ1) is 30.5. The molecule has 10 nitrogen and oxygen atoms in total. The SMILES string of the molecule is Cc1ccc(-n2nc(C(C)(C)C)cc2NC(=O)Nc2ccc(CC3CCN(S(=O)(=O)c4cn(C)c(C)n4)CC3)cc2)cc1. The van der Waals surface area contributed by atoms with Crippen molar-refractivity contribution in [3.8, 4) is 5.69 Å². The van der Waals surface area contributed by atoms with Crippen LogP contribution in [0.1, 0.15) is 56.3 Å². The van der Waals surface area contributed by atoms with Crippen molar-refractivity contribution >= 4 is 27.6 Å². The summed E-state index contributed by atoms with van der Waals surface area (Å²) >= 11 is 0. The van der Waals surface area contributed by atoms with Gasteiger partial charge in [-0.25, -0.2) is 22.9 Å². The lowest BCUT2D eigenvalue weighted by molar-refractivity contribution is 0.262. The van der Waals surface area contributed by atoms with Crippen molar-refractivity contribution in [1.82, 2.24) is 23.6 Å². The van der Waals surface area contributed by atoms with Crippen LogP contribution in [-0.2, 0) is 28.9 Å². The molecule has 4 aromatic rings. The fraction of sp³-hybridized carbons (Fsp3) is 0.406. The molecule has 3 heterocycles. The molecule has 2 aromatic heterocycles. The molecule has 5 rings (SSSR count). The molecule has 1 fully saturated rings. The molecular weight excluding hydrogens is 562 g/mol. The summed E-state index contributed by atoms with van der Waals surface area (Å²) in [7, 11) is -1.78. The summed E-state index contributed by atoms with van der Waals surface area (Å²) in [5.41, 5.74) is 4.56. The highest BCUT2D eigenvalue weighted by molar-refractivity contribution is 7.89. The lowest BCUT2D eigenvalue weighted by Gasteiger charge is -2.30. The molecule has 0 atom stereocenters. The average molecular weight is 604 g/mol. The molecule has 228 valence electrons. The first-order valence-corrected chi connectivity index (χ1v) is 16.1. The first-order chi connectivity index (χ1) is 20.3. The van der Waals surface area contributed by atoms with Crippen LogP contribution in [-0.4, -0.2) is 51.2 Å². The Morgan fingerprint density at radius 3 is 2.21 bits per heavy atom. The minimum absolute atomic E-state index is 0.118. The Balaban J connectivity index is 1.17. The summed E-state index contributed by atoms with van der Waals surface area (Å²) in [6.45, 7) is 11.1. The first-order valence-electron chi connectivity index (χ1n) is 14.6. The van der Waals surface area contributed by atoms with Gasteiger partial charge in [0.1, 0.15) is 11.6 Å². The van der Waals surface area contributed by atoms with Crippen LogP contribution >= 0.6 is 0 Å². The van der Waals surface area contributed by atoms with E-state index in [1.54, 1.807) is 33.7 Å². The number of amides is 2. The molecule has 1 saturated heterocycles. The number of urea groups is 1. The van der Waals surface area contributed by atoms with Crippen LogP contribution in [0.15, 0.2) is 65.8 Å². The normalized spacial score (nSPS) is 15.0. The number of nitrogens with one attached hydrogen (secondary N) is 2. The van der Waals surface area contributed by atoms with E-state index in [-0.39, 0.29) is 16.5 Å². The maximum atomic E-state index is 13.0. The molecule has 0 unspecified atom stereocenters.